The van der Waals surface area contributed by atoms with Crippen LogP contribution in [0.1, 0.15) is 70.4 Å². The van der Waals surface area contributed by atoms with Crippen molar-refractivity contribution in [3.63, 3.8) is 0 Å². The van der Waals surface area contributed by atoms with Crippen LogP contribution in [0.4, 0.5) is 8.78 Å². The molecule has 30 heavy (non-hydrogen) atoms. The van der Waals surface area contributed by atoms with Gasteiger partial charge in [-0.2, -0.15) is 8.78 Å². The quantitative estimate of drug-likeness (QED) is 0.273. The maximum absolute atomic E-state index is 13.6. The molecule has 0 saturated heterocycles. The molecule has 7 heteroatoms. The number of ether oxygens (including phenoxy) is 1. The van der Waals surface area contributed by atoms with Gasteiger partial charge in [-0.1, -0.05) is 45.0 Å². The third-order valence-electron chi connectivity index (χ3n) is 7.43. The van der Waals surface area contributed by atoms with Crippen molar-refractivity contribution in [1.29, 1.82) is 0 Å². The summed E-state index contributed by atoms with van der Waals surface area (Å²) in [6.45, 7) is 6.57. The van der Waals surface area contributed by atoms with E-state index < -0.39 is 23.3 Å². The van der Waals surface area contributed by atoms with E-state index in [9.17, 15) is 18.8 Å². The number of carbonyl (C=O) groups is 1. The smallest absolute Gasteiger partial charge is 0.412 e. The summed E-state index contributed by atoms with van der Waals surface area (Å²) >= 11 is -0.705. The molecule has 1 aromatic carbocycles. The van der Waals surface area contributed by atoms with E-state index in [1.807, 2.05) is 0 Å². The second-order valence-corrected chi connectivity index (χ2v) is 11.6. The van der Waals surface area contributed by atoms with Crippen LogP contribution in [0.5, 0.6) is 0 Å². The van der Waals surface area contributed by atoms with Gasteiger partial charge in [0, 0.05) is 5.41 Å². The van der Waals surface area contributed by atoms with Crippen molar-refractivity contribution in [2.24, 2.45) is 17.3 Å². The van der Waals surface area contributed by atoms with Gasteiger partial charge in [0.2, 0.25) is 0 Å². The molecule has 4 nitrogen and oxygen atoms in total. The molecule has 0 aliphatic heterocycles. The zero-order valence-corrected chi connectivity index (χ0v) is 18.5. The van der Waals surface area contributed by atoms with Gasteiger partial charge >= 0.3 is 11.2 Å². The van der Waals surface area contributed by atoms with Crippen LogP contribution in [0.15, 0.2) is 24.3 Å². The molecule has 0 spiro atoms. The highest BCUT2D eigenvalue weighted by Gasteiger charge is 2.59. The highest BCUT2D eigenvalue weighted by atomic mass is 32.2. The number of carbonyl (C=O) groups excluding carboxylic acids is 1. The van der Waals surface area contributed by atoms with Gasteiger partial charge in [-0.15, -0.1) is 0 Å². The van der Waals surface area contributed by atoms with Crippen molar-refractivity contribution >= 4 is 18.0 Å². The van der Waals surface area contributed by atoms with Crippen molar-refractivity contribution in [2.45, 2.75) is 75.4 Å². The molecule has 4 aliphatic rings. The summed E-state index contributed by atoms with van der Waals surface area (Å²) < 4.78 is 35.4. The highest BCUT2D eigenvalue weighted by molar-refractivity contribution is 7.96. The summed E-state index contributed by atoms with van der Waals surface area (Å²) in [6.07, 6.45) is 6.08. The molecule has 0 N–H and O–H groups in total. The van der Waals surface area contributed by atoms with Gasteiger partial charge in [-0.05, 0) is 72.3 Å². The third-order valence-corrected chi connectivity index (χ3v) is 7.88. The van der Waals surface area contributed by atoms with Crippen molar-refractivity contribution in [3.8, 4) is 0 Å². The molecule has 0 aromatic heterocycles. The minimum atomic E-state index is -3.98. The Morgan fingerprint density at radius 1 is 1.13 bits per heavy atom. The zero-order chi connectivity index (χ0) is 21.8. The average Bonchev–Trinajstić information content (AvgIpc) is 2.64. The second kappa shape index (κ2) is 7.45. The number of alkyl halides is 2. The fourth-order valence-corrected chi connectivity index (χ4v) is 6.87. The predicted molar refractivity (Wildman–Crippen MR) is 109 cm³/mol. The van der Waals surface area contributed by atoms with Crippen molar-refractivity contribution in [2.75, 3.05) is 6.61 Å². The zero-order valence-electron chi connectivity index (χ0n) is 17.7. The summed E-state index contributed by atoms with van der Waals surface area (Å²) in [5.74, 6) is -0.623. The Morgan fingerprint density at radius 3 is 2.27 bits per heavy atom. The molecule has 2 unspecified atom stereocenters. The van der Waals surface area contributed by atoms with E-state index in [4.69, 9.17) is 4.74 Å². The summed E-state index contributed by atoms with van der Waals surface area (Å²) in [4.78, 5) is 11.8. The van der Waals surface area contributed by atoms with Gasteiger partial charge in [-0.3, -0.25) is 0 Å². The molecule has 0 radical (unpaired) electrons. The van der Waals surface area contributed by atoms with Crippen LogP contribution in [0.2, 0.25) is 0 Å². The fraction of sp³-hybridized carbons (Fsp3) is 0.696. The van der Waals surface area contributed by atoms with E-state index in [1.54, 1.807) is 0 Å². The maximum atomic E-state index is 13.6. The Morgan fingerprint density at radius 2 is 1.73 bits per heavy atom. The van der Waals surface area contributed by atoms with Gasteiger partial charge in [0.15, 0.2) is 0 Å². The van der Waals surface area contributed by atoms with Crippen LogP contribution >= 0.6 is 12.0 Å². The monoisotopic (exact) mass is 439 g/mol. The number of hydrogen-bond donors (Lipinski definition) is 0. The van der Waals surface area contributed by atoms with Crippen LogP contribution in [-0.4, -0.2) is 17.8 Å². The van der Waals surface area contributed by atoms with Crippen molar-refractivity contribution < 1.29 is 27.9 Å². The minimum absolute atomic E-state index is 0.0182. The lowest BCUT2D eigenvalue weighted by Gasteiger charge is -2.62. The van der Waals surface area contributed by atoms with Gasteiger partial charge in [-0.25, -0.2) is 4.79 Å². The molecule has 2 atom stereocenters. The topological polar surface area (TPSA) is 58.6 Å². The second-order valence-electron chi connectivity index (χ2n) is 10.8. The van der Waals surface area contributed by atoms with Crippen LogP contribution in [0.3, 0.4) is 0 Å². The number of hydrogen-bond acceptors (Lipinski definition) is 5. The first-order valence-corrected chi connectivity index (χ1v) is 11.3. The minimum Gasteiger partial charge on any atom is -0.710 e. The van der Waals surface area contributed by atoms with Crippen molar-refractivity contribution in [1.82, 2.24) is 0 Å². The number of benzene rings is 1. The Hall–Kier alpha value is -1.18. The predicted octanol–water partition coefficient (Wildman–Crippen LogP) is 4.90. The first-order valence-electron chi connectivity index (χ1n) is 10.6. The normalized spacial score (nSPS) is 33.0. The first-order chi connectivity index (χ1) is 14.0. The summed E-state index contributed by atoms with van der Waals surface area (Å²) in [5, 5.41) is 6.05. The van der Waals surface area contributed by atoms with E-state index in [0.29, 0.717) is 11.8 Å². The molecule has 1 aromatic rings. The lowest BCUT2D eigenvalue weighted by molar-refractivity contribution is -0.630. The third kappa shape index (κ3) is 4.00. The lowest BCUT2D eigenvalue weighted by Crippen LogP contribution is -2.55. The summed E-state index contributed by atoms with van der Waals surface area (Å²) in [7, 11) is 0. The Kier molecular flexibility index (Phi) is 5.47. The molecule has 0 heterocycles. The van der Waals surface area contributed by atoms with Crippen LogP contribution in [0, 0.1) is 17.3 Å². The number of halogens is 2. The molecular formula is C23H29F2O4S-. The molecule has 4 aliphatic carbocycles. The van der Waals surface area contributed by atoms with E-state index in [1.165, 1.54) is 17.5 Å². The SMILES string of the molecule is CC(C)(C)c1ccc(C23CC4CC(CC(COC(=O)C(F)(F)SO[O-])(C4)C2)C3)cc1. The largest absolute Gasteiger partial charge is 0.710 e. The lowest BCUT2D eigenvalue weighted by atomic mass is 9.43. The fourth-order valence-electron chi connectivity index (χ4n) is 6.66. The van der Waals surface area contributed by atoms with Gasteiger partial charge in [0.05, 0.1) is 18.6 Å². The molecule has 166 valence electrons. The number of esters is 1. The molecular weight excluding hydrogens is 410 g/mol. The first kappa shape index (κ1) is 22.0. The maximum Gasteiger partial charge on any atom is 0.412 e. The van der Waals surface area contributed by atoms with E-state index in [0.717, 1.165) is 32.1 Å². The molecule has 5 rings (SSSR count). The summed E-state index contributed by atoms with van der Waals surface area (Å²) in [5.41, 5.74) is 2.47. The van der Waals surface area contributed by atoms with Gasteiger partial charge in [0.1, 0.15) is 0 Å². The molecule has 4 bridgehead atoms. The van der Waals surface area contributed by atoms with E-state index in [-0.39, 0.29) is 22.9 Å². The van der Waals surface area contributed by atoms with E-state index in [2.05, 4.69) is 49.4 Å². The summed E-state index contributed by atoms with van der Waals surface area (Å²) in [6, 6.07) is 8.90. The Labute approximate surface area is 180 Å². The van der Waals surface area contributed by atoms with Crippen LogP contribution in [0.25, 0.3) is 0 Å². The highest BCUT2D eigenvalue weighted by Crippen LogP contribution is 2.65. The van der Waals surface area contributed by atoms with Crippen molar-refractivity contribution in [3.05, 3.63) is 35.4 Å². The molecule has 4 fully saturated rings. The standard InChI is InChI=1S/C23H30F2O4S/c1-20(2,3)17-4-6-18(7-5-17)22-11-15-8-16(12-22)10-21(9-15,13-22)14-28-19(26)23(24,25)30-29-27/h4-7,15-16,27H,8-14H2,1-3H3/p-1. The Balaban J connectivity index is 1.54. The number of rotatable bonds is 6. The average molecular weight is 440 g/mol. The Bertz CT molecular complexity index is 788. The van der Waals surface area contributed by atoms with E-state index >= 15 is 0 Å². The molecule has 4 saturated carbocycles. The van der Waals surface area contributed by atoms with Crippen LogP contribution in [-0.2, 0) is 24.7 Å². The van der Waals surface area contributed by atoms with Gasteiger partial charge in [0.25, 0.3) is 0 Å². The van der Waals surface area contributed by atoms with Gasteiger partial charge < -0.3 is 14.3 Å². The van der Waals surface area contributed by atoms with Crippen LogP contribution < -0.4 is 5.26 Å². The molecule has 0 amide bonds.